The smallest absolute Gasteiger partial charge is 0.233 e. The van der Waals surface area contributed by atoms with Crippen LogP contribution in [0.25, 0.3) is 16.9 Å². The van der Waals surface area contributed by atoms with Crippen molar-refractivity contribution in [2.24, 2.45) is 10.8 Å². The van der Waals surface area contributed by atoms with Crippen LogP contribution in [-0.4, -0.2) is 42.9 Å². The lowest BCUT2D eigenvalue weighted by atomic mass is 9.41. The molecule has 1 amide bonds. The van der Waals surface area contributed by atoms with Crippen molar-refractivity contribution in [1.29, 1.82) is 0 Å². The molecule has 4 aromatic rings. The lowest BCUT2D eigenvalue weighted by molar-refractivity contribution is -0.211. The second-order valence-corrected chi connectivity index (χ2v) is 14.4. The van der Waals surface area contributed by atoms with Gasteiger partial charge in [0.1, 0.15) is 5.67 Å². The van der Waals surface area contributed by atoms with Gasteiger partial charge in [0.05, 0.1) is 28.5 Å². The number of amides is 1. The van der Waals surface area contributed by atoms with Gasteiger partial charge in [0.2, 0.25) is 11.8 Å². The van der Waals surface area contributed by atoms with Crippen LogP contribution >= 0.6 is 11.6 Å². The highest BCUT2D eigenvalue weighted by Gasteiger charge is 2.73. The van der Waals surface area contributed by atoms with Gasteiger partial charge in [-0.05, 0) is 88.2 Å². The number of benzene rings is 1. The van der Waals surface area contributed by atoms with E-state index in [0.29, 0.717) is 42.4 Å². The first-order chi connectivity index (χ1) is 20.3. The van der Waals surface area contributed by atoms with Crippen LogP contribution in [0.3, 0.4) is 0 Å². The molecule has 11 rings (SSSR count). The van der Waals surface area contributed by atoms with E-state index in [9.17, 15) is 9.18 Å². The van der Waals surface area contributed by atoms with Crippen LogP contribution in [0.15, 0.2) is 47.2 Å². The monoisotopic (exact) mass is 586 g/mol. The molecule has 7 saturated carbocycles. The van der Waals surface area contributed by atoms with Crippen LogP contribution < -0.4 is 4.90 Å². The summed E-state index contributed by atoms with van der Waals surface area (Å²) in [5.41, 5.74) is 1.54. The highest BCUT2D eigenvalue weighted by molar-refractivity contribution is 6.30. The van der Waals surface area contributed by atoms with Gasteiger partial charge < -0.3 is 9.42 Å². The fraction of sp³-hybridized carbons (Fsp3) is 0.531. The Balaban J connectivity index is 1.02. The molecule has 7 fully saturated rings. The quantitative estimate of drug-likeness (QED) is 0.236. The number of imidazole rings is 1. The molecule has 0 unspecified atom stereocenters. The van der Waals surface area contributed by atoms with E-state index in [2.05, 4.69) is 21.3 Å². The highest BCUT2D eigenvalue weighted by atomic mass is 35.5. The topological polar surface area (TPSA) is 89.4 Å². The van der Waals surface area contributed by atoms with Crippen molar-refractivity contribution in [3.8, 4) is 11.3 Å². The third kappa shape index (κ3) is 3.68. The Labute approximate surface area is 247 Å². The van der Waals surface area contributed by atoms with Gasteiger partial charge in [-0.25, -0.2) is 13.9 Å². The Bertz CT molecular complexity index is 1720. The maximum atomic E-state index is 14.6. The Morgan fingerprint density at radius 1 is 1.07 bits per heavy atom. The molecule has 0 atom stereocenters. The van der Waals surface area contributed by atoms with Gasteiger partial charge >= 0.3 is 0 Å². The lowest BCUT2D eigenvalue weighted by Gasteiger charge is -2.65. The molecular formula is C32H32ClFN6O2. The van der Waals surface area contributed by atoms with Crippen LogP contribution in [0.4, 0.5) is 10.1 Å². The molecule has 3 heterocycles. The maximum absolute atomic E-state index is 14.6. The molecule has 7 aliphatic carbocycles. The fourth-order valence-corrected chi connectivity index (χ4v) is 8.60. The zero-order chi connectivity index (χ0) is 28.3. The predicted octanol–water partition coefficient (Wildman–Crippen LogP) is 6.83. The molecule has 0 saturated heterocycles. The zero-order valence-corrected chi connectivity index (χ0v) is 24.1. The number of rotatable bonds is 7. The van der Waals surface area contributed by atoms with Crippen molar-refractivity contribution < 1.29 is 13.7 Å². The minimum absolute atomic E-state index is 0.0192. The second-order valence-electron chi connectivity index (χ2n) is 14.0. The molecule has 42 heavy (non-hydrogen) atoms. The predicted molar refractivity (Wildman–Crippen MR) is 154 cm³/mol. The molecule has 3 aromatic heterocycles. The van der Waals surface area contributed by atoms with E-state index in [0.717, 1.165) is 80.0 Å². The van der Waals surface area contributed by atoms with Gasteiger partial charge in [-0.2, -0.15) is 10.1 Å². The normalized spacial score (nSPS) is 32.9. The minimum Gasteiger partial charge on any atom is -0.339 e. The van der Waals surface area contributed by atoms with Crippen molar-refractivity contribution in [2.45, 2.75) is 87.6 Å². The molecule has 0 radical (unpaired) electrons. The number of anilines is 1. The summed E-state index contributed by atoms with van der Waals surface area (Å²) >= 11 is 6.13. The minimum atomic E-state index is -1.14. The van der Waals surface area contributed by atoms with Gasteiger partial charge in [-0.3, -0.25) is 4.79 Å². The lowest BCUT2D eigenvalue weighted by Crippen LogP contribution is -2.71. The largest absolute Gasteiger partial charge is 0.339 e. The summed E-state index contributed by atoms with van der Waals surface area (Å²) in [6, 6.07) is 9.84. The molecule has 4 bridgehead atoms. The summed E-state index contributed by atoms with van der Waals surface area (Å²) in [5, 5.41) is 9.29. The Hall–Kier alpha value is -3.33. The number of hydrogen-bond acceptors (Lipinski definition) is 6. The molecule has 7 aliphatic rings. The van der Waals surface area contributed by atoms with E-state index in [1.165, 1.54) is 0 Å². The van der Waals surface area contributed by atoms with Crippen molar-refractivity contribution >= 4 is 28.8 Å². The van der Waals surface area contributed by atoms with Crippen molar-refractivity contribution in [1.82, 2.24) is 24.7 Å². The average molecular weight is 587 g/mol. The van der Waals surface area contributed by atoms with Crippen LogP contribution in [0, 0.1) is 10.8 Å². The number of nitrogens with zero attached hydrogens (tertiary/aromatic N) is 6. The molecule has 0 spiro atoms. The van der Waals surface area contributed by atoms with Gasteiger partial charge in [-0.15, -0.1) is 0 Å². The first-order valence-electron chi connectivity index (χ1n) is 15.2. The average Bonchev–Trinajstić information content (AvgIpc) is 3.54. The SMILES string of the molecule is O=C(N(CC12CCC(c3nc(C4CC4)no3)(CC1)CC2)c1cccc(-c2cnc3cc(Cl)cnn23)c1)C12CC(F)(C1)C2. The molecule has 0 aliphatic heterocycles. The van der Waals surface area contributed by atoms with E-state index in [-0.39, 0.29) is 16.7 Å². The first-order valence-corrected chi connectivity index (χ1v) is 15.6. The Kier molecular flexibility index (Phi) is 5.04. The molecular weight excluding hydrogens is 555 g/mol. The molecule has 216 valence electrons. The summed E-state index contributed by atoms with van der Waals surface area (Å²) in [5.74, 6) is 2.26. The van der Waals surface area contributed by atoms with Crippen LogP contribution in [-0.2, 0) is 10.2 Å². The molecule has 10 heteroatoms. The van der Waals surface area contributed by atoms with E-state index < -0.39 is 11.1 Å². The van der Waals surface area contributed by atoms with Gasteiger partial charge in [0, 0.05) is 35.2 Å². The maximum Gasteiger partial charge on any atom is 0.233 e. The standard InChI is InChI=1S/C32H32ClFN6O2/c33-22-13-25-35-15-24(40(25)36-14-22)21-2-1-3-23(12-21)39(28(41)31-16-32(34,17-31)18-31)19-29-6-9-30(10-7-29,11-8-29)27-37-26(38-42-27)20-4-5-20/h1-3,12-15,20H,4-11,16-19H2. The number of fused-ring (bicyclic) bond motifs is 4. The number of alkyl halides is 1. The third-order valence-corrected chi connectivity index (χ3v) is 11.4. The number of carbonyl (C=O) groups is 1. The van der Waals surface area contributed by atoms with Gasteiger partial charge in [0.15, 0.2) is 11.5 Å². The van der Waals surface area contributed by atoms with Crippen molar-refractivity contribution in [3.63, 3.8) is 0 Å². The third-order valence-electron chi connectivity index (χ3n) is 11.2. The van der Waals surface area contributed by atoms with E-state index in [1.54, 1.807) is 23.0 Å². The van der Waals surface area contributed by atoms with Crippen LogP contribution in [0.2, 0.25) is 5.02 Å². The number of aromatic nitrogens is 5. The van der Waals surface area contributed by atoms with Gasteiger partial charge in [-0.1, -0.05) is 28.9 Å². The van der Waals surface area contributed by atoms with Crippen molar-refractivity contribution in [2.75, 3.05) is 11.4 Å². The Morgan fingerprint density at radius 2 is 1.83 bits per heavy atom. The zero-order valence-electron chi connectivity index (χ0n) is 23.4. The molecule has 8 nitrogen and oxygen atoms in total. The van der Waals surface area contributed by atoms with E-state index in [1.807, 2.05) is 23.1 Å². The van der Waals surface area contributed by atoms with Crippen molar-refractivity contribution in [3.05, 3.63) is 59.5 Å². The Morgan fingerprint density at radius 3 is 2.55 bits per heavy atom. The number of halogens is 2. The summed E-state index contributed by atoms with van der Waals surface area (Å²) in [6.07, 6.45) is 12.8. The van der Waals surface area contributed by atoms with E-state index >= 15 is 0 Å². The fourth-order valence-electron chi connectivity index (χ4n) is 8.46. The summed E-state index contributed by atoms with van der Waals surface area (Å²) < 4.78 is 22.2. The van der Waals surface area contributed by atoms with Crippen LogP contribution in [0.5, 0.6) is 0 Å². The van der Waals surface area contributed by atoms with E-state index in [4.69, 9.17) is 21.1 Å². The molecule has 1 aromatic carbocycles. The number of carbonyl (C=O) groups excluding carboxylic acids is 1. The summed E-state index contributed by atoms with van der Waals surface area (Å²) in [4.78, 5) is 25.6. The summed E-state index contributed by atoms with van der Waals surface area (Å²) in [6.45, 7) is 0.643. The highest BCUT2D eigenvalue weighted by Crippen LogP contribution is 2.70. The van der Waals surface area contributed by atoms with Gasteiger partial charge in [0.25, 0.3) is 0 Å². The first kappa shape index (κ1) is 25.2. The molecule has 0 N–H and O–H groups in total. The summed E-state index contributed by atoms with van der Waals surface area (Å²) in [7, 11) is 0. The second kappa shape index (κ2) is 8.40. The van der Waals surface area contributed by atoms with Crippen LogP contribution in [0.1, 0.15) is 88.3 Å². The number of hydrogen-bond donors (Lipinski definition) is 0.